The van der Waals surface area contributed by atoms with E-state index in [1.54, 1.807) is 14.2 Å². The molecule has 6 heteroatoms. The summed E-state index contributed by atoms with van der Waals surface area (Å²) in [7, 11) is 0.397. The fraction of sp³-hybridized carbons (Fsp3) is 0.727. The molecule has 0 aliphatic carbocycles. The summed E-state index contributed by atoms with van der Waals surface area (Å²) in [5.74, 6) is 0.00969. The number of rotatable bonds is 9. The lowest BCUT2D eigenvalue weighted by Gasteiger charge is -2.26. The van der Waals surface area contributed by atoms with Crippen molar-refractivity contribution < 1.29 is 22.8 Å². The van der Waals surface area contributed by atoms with Gasteiger partial charge in [-0.15, -0.1) is 0 Å². The molecule has 0 amide bonds. The van der Waals surface area contributed by atoms with E-state index in [0.29, 0.717) is 12.0 Å². The van der Waals surface area contributed by atoms with Crippen LogP contribution in [0.15, 0.2) is 12.7 Å². The van der Waals surface area contributed by atoms with Crippen LogP contribution in [0.5, 0.6) is 0 Å². The fourth-order valence-electron chi connectivity index (χ4n) is 1.18. The van der Waals surface area contributed by atoms with Gasteiger partial charge in [-0.2, -0.15) is 0 Å². The van der Waals surface area contributed by atoms with Crippen molar-refractivity contribution in [3.8, 4) is 0 Å². The number of ether oxygens (including phenoxy) is 1. The molecule has 0 bridgehead atoms. The molecule has 0 aliphatic rings. The first kappa shape index (κ1) is 16.3. The van der Waals surface area contributed by atoms with E-state index >= 15 is 0 Å². The first-order chi connectivity index (χ1) is 7.99. The Morgan fingerprint density at radius 2 is 1.94 bits per heavy atom. The Bertz CT molecular complexity index is 238. The zero-order valence-electron chi connectivity index (χ0n) is 11.0. The summed E-state index contributed by atoms with van der Waals surface area (Å²) < 4.78 is 20.9. The number of esters is 1. The van der Waals surface area contributed by atoms with Gasteiger partial charge in [0.05, 0.1) is 0 Å². The van der Waals surface area contributed by atoms with Gasteiger partial charge in [-0.05, 0) is 12.3 Å². The van der Waals surface area contributed by atoms with Crippen LogP contribution in [0.25, 0.3) is 0 Å². The van der Waals surface area contributed by atoms with Crippen LogP contribution in [0.1, 0.15) is 20.3 Å². The lowest BCUT2D eigenvalue weighted by atomic mass is 10.2. The highest BCUT2D eigenvalue weighted by Crippen LogP contribution is 2.19. The molecule has 0 fully saturated rings. The van der Waals surface area contributed by atoms with Gasteiger partial charge in [0.15, 0.2) is 6.79 Å². The summed E-state index contributed by atoms with van der Waals surface area (Å²) in [5.41, 5.74) is 0. The van der Waals surface area contributed by atoms with E-state index in [4.69, 9.17) is 18.0 Å². The summed E-state index contributed by atoms with van der Waals surface area (Å²) >= 11 is 0. The largest absolute Gasteiger partial charge is 0.502 e. The lowest BCUT2D eigenvalue weighted by Crippen LogP contribution is -2.44. The van der Waals surface area contributed by atoms with Gasteiger partial charge >= 0.3 is 14.8 Å². The molecule has 0 aromatic heterocycles. The Morgan fingerprint density at radius 3 is 2.35 bits per heavy atom. The van der Waals surface area contributed by atoms with Gasteiger partial charge in [0, 0.05) is 26.3 Å². The molecule has 0 heterocycles. The average molecular weight is 262 g/mol. The zero-order chi connectivity index (χ0) is 13.3. The summed E-state index contributed by atoms with van der Waals surface area (Å²) in [4.78, 5) is 10.9. The molecule has 0 spiro atoms. The predicted octanol–water partition coefficient (Wildman–Crippen LogP) is 1.97. The molecular formula is C11H22O5Si. The quantitative estimate of drug-likeness (QED) is 0.275. The zero-order valence-corrected chi connectivity index (χ0v) is 12.0. The van der Waals surface area contributed by atoms with Crippen molar-refractivity contribution in [1.82, 2.24) is 0 Å². The van der Waals surface area contributed by atoms with Gasteiger partial charge in [-0.3, -0.25) is 0 Å². The molecule has 0 aromatic carbocycles. The van der Waals surface area contributed by atoms with Crippen molar-refractivity contribution >= 4 is 14.8 Å². The third-order valence-corrected chi connectivity index (χ3v) is 5.00. The van der Waals surface area contributed by atoms with Crippen LogP contribution in [0.3, 0.4) is 0 Å². The maximum atomic E-state index is 10.9. The highest BCUT2D eigenvalue weighted by atomic mass is 28.4. The van der Waals surface area contributed by atoms with Crippen LogP contribution in [0, 0.1) is 5.92 Å². The third kappa shape index (κ3) is 6.57. The molecule has 0 unspecified atom stereocenters. The number of hydrogen-bond acceptors (Lipinski definition) is 5. The van der Waals surface area contributed by atoms with Gasteiger partial charge in [0.1, 0.15) is 0 Å². The molecule has 0 radical (unpaired) electrons. The molecular weight excluding hydrogens is 240 g/mol. The minimum absolute atomic E-state index is 0.170. The van der Waals surface area contributed by atoms with Crippen molar-refractivity contribution in [3.05, 3.63) is 12.7 Å². The molecule has 0 saturated carbocycles. The standard InChI is InChI=1S/C11H22O5Si/c1-6-11(12)15-9-16-17(13-4,14-5)8-7-10(2)3/h6,10H,1,7-9H2,2-5H3. The average Bonchev–Trinajstić information content (AvgIpc) is 2.33. The van der Waals surface area contributed by atoms with Crippen molar-refractivity contribution in [2.24, 2.45) is 5.92 Å². The summed E-state index contributed by atoms with van der Waals surface area (Å²) in [6.07, 6.45) is 2.02. The van der Waals surface area contributed by atoms with E-state index < -0.39 is 14.8 Å². The molecule has 17 heavy (non-hydrogen) atoms. The Kier molecular flexibility index (Phi) is 8.06. The van der Waals surface area contributed by atoms with Crippen molar-refractivity contribution in [3.63, 3.8) is 0 Å². The molecule has 5 nitrogen and oxygen atoms in total. The highest BCUT2D eigenvalue weighted by Gasteiger charge is 2.39. The molecule has 0 N–H and O–H groups in total. The van der Waals surface area contributed by atoms with E-state index in [0.717, 1.165) is 12.5 Å². The van der Waals surface area contributed by atoms with Gasteiger partial charge in [0.25, 0.3) is 0 Å². The van der Waals surface area contributed by atoms with Crippen LogP contribution in [-0.2, 0) is 22.8 Å². The fourth-order valence-corrected chi connectivity index (χ4v) is 3.30. The van der Waals surface area contributed by atoms with Gasteiger partial charge < -0.3 is 18.0 Å². The smallest absolute Gasteiger partial charge is 0.436 e. The molecule has 0 aromatic rings. The first-order valence-corrected chi connectivity index (χ1v) is 7.46. The first-order valence-electron chi connectivity index (χ1n) is 5.53. The Morgan fingerprint density at radius 1 is 1.35 bits per heavy atom. The van der Waals surface area contributed by atoms with Gasteiger partial charge in [0.2, 0.25) is 0 Å². The van der Waals surface area contributed by atoms with E-state index in [1.807, 2.05) is 0 Å². The number of carbonyl (C=O) groups is 1. The van der Waals surface area contributed by atoms with Crippen molar-refractivity contribution in [1.29, 1.82) is 0 Å². The number of carbonyl (C=O) groups excluding carboxylic acids is 1. The third-order valence-electron chi connectivity index (χ3n) is 2.30. The second-order valence-corrected chi connectivity index (χ2v) is 6.92. The summed E-state index contributed by atoms with van der Waals surface area (Å²) in [6, 6.07) is 0.698. The highest BCUT2D eigenvalue weighted by molar-refractivity contribution is 6.60. The monoisotopic (exact) mass is 262 g/mol. The minimum Gasteiger partial charge on any atom is -0.436 e. The summed E-state index contributed by atoms with van der Waals surface area (Å²) in [6.45, 7) is 7.35. The van der Waals surface area contributed by atoms with Crippen LogP contribution in [-0.4, -0.2) is 35.8 Å². The predicted molar refractivity (Wildman–Crippen MR) is 66.3 cm³/mol. The molecule has 0 aliphatic heterocycles. The van der Waals surface area contributed by atoms with E-state index in [9.17, 15) is 4.79 Å². The second kappa shape index (κ2) is 8.41. The van der Waals surface area contributed by atoms with E-state index in [2.05, 4.69) is 20.4 Å². The number of hydrogen-bond donors (Lipinski definition) is 0. The minimum atomic E-state index is -2.70. The van der Waals surface area contributed by atoms with E-state index in [1.165, 1.54) is 0 Å². The molecule has 0 rings (SSSR count). The Balaban J connectivity index is 4.19. The maximum Gasteiger partial charge on any atom is 0.502 e. The van der Waals surface area contributed by atoms with Crippen molar-refractivity contribution in [2.75, 3.05) is 21.0 Å². The van der Waals surface area contributed by atoms with Gasteiger partial charge in [-0.25, -0.2) is 4.79 Å². The van der Waals surface area contributed by atoms with Crippen LogP contribution < -0.4 is 0 Å². The van der Waals surface area contributed by atoms with Crippen LogP contribution in [0.2, 0.25) is 6.04 Å². The van der Waals surface area contributed by atoms with E-state index in [-0.39, 0.29) is 6.79 Å². The topological polar surface area (TPSA) is 54.0 Å². The molecule has 100 valence electrons. The Labute approximate surface area is 104 Å². The molecule has 0 atom stereocenters. The lowest BCUT2D eigenvalue weighted by molar-refractivity contribution is -0.146. The van der Waals surface area contributed by atoms with Crippen LogP contribution in [0.4, 0.5) is 0 Å². The molecule has 0 saturated heterocycles. The normalized spacial score (nSPS) is 11.6. The Hall–Kier alpha value is -0.693. The summed E-state index contributed by atoms with van der Waals surface area (Å²) in [5, 5.41) is 0. The second-order valence-electron chi connectivity index (χ2n) is 3.95. The van der Waals surface area contributed by atoms with Crippen LogP contribution >= 0.6 is 0 Å². The van der Waals surface area contributed by atoms with Gasteiger partial charge in [-0.1, -0.05) is 20.4 Å². The SMILES string of the molecule is C=CC(=O)OCO[Si](CCC(C)C)(OC)OC. The maximum absolute atomic E-state index is 10.9. The van der Waals surface area contributed by atoms with Crippen molar-refractivity contribution in [2.45, 2.75) is 26.3 Å².